The summed E-state index contributed by atoms with van der Waals surface area (Å²) in [6.07, 6.45) is -3.27. The fourth-order valence-corrected chi connectivity index (χ4v) is 4.44. The lowest BCUT2D eigenvalue weighted by Gasteiger charge is -2.20. The highest BCUT2D eigenvalue weighted by molar-refractivity contribution is 6.31. The van der Waals surface area contributed by atoms with Gasteiger partial charge in [0.2, 0.25) is 0 Å². The Morgan fingerprint density at radius 2 is 1.67 bits per heavy atom. The van der Waals surface area contributed by atoms with Gasteiger partial charge >= 0.3 is 6.09 Å². The van der Waals surface area contributed by atoms with Crippen molar-refractivity contribution in [2.45, 2.75) is 24.5 Å². The maximum atomic E-state index is 12.2. The van der Waals surface area contributed by atoms with Crippen molar-refractivity contribution in [3.63, 3.8) is 0 Å². The topological polar surface area (TPSA) is 125 Å². The summed E-state index contributed by atoms with van der Waals surface area (Å²) in [7, 11) is 0. The standard InChI is InChI=1S/C25H25ClN2O5/c26-14-11-19(23(30)21(27)12-14)24(31)22(29)9-10-28-25(32)33-13-20-17-7-3-1-5-15(17)16-6-2-4-8-18(16)20/h1-8,11-12,20,22,24,29-31H,9-10,13,27H2,(H,28,32). The van der Waals surface area contributed by atoms with E-state index < -0.39 is 18.3 Å². The van der Waals surface area contributed by atoms with Crippen molar-refractivity contribution in [2.24, 2.45) is 0 Å². The van der Waals surface area contributed by atoms with Gasteiger partial charge in [0.1, 0.15) is 18.5 Å². The summed E-state index contributed by atoms with van der Waals surface area (Å²) >= 11 is 5.91. The van der Waals surface area contributed by atoms with E-state index in [-0.39, 0.29) is 47.5 Å². The molecule has 1 aliphatic rings. The number of carbonyl (C=O) groups is 1. The van der Waals surface area contributed by atoms with Crippen LogP contribution in [0.1, 0.15) is 35.1 Å². The summed E-state index contributed by atoms with van der Waals surface area (Å²) in [6.45, 7) is 0.242. The number of aliphatic hydroxyl groups is 2. The number of halogens is 1. The molecule has 0 aromatic heterocycles. The maximum absolute atomic E-state index is 12.2. The molecule has 0 radical (unpaired) electrons. The molecular weight excluding hydrogens is 444 g/mol. The van der Waals surface area contributed by atoms with Crippen molar-refractivity contribution in [1.29, 1.82) is 0 Å². The van der Waals surface area contributed by atoms with Crippen LogP contribution in [0.25, 0.3) is 11.1 Å². The number of amides is 1. The molecule has 0 aliphatic heterocycles. The molecule has 8 heteroatoms. The van der Waals surface area contributed by atoms with Crippen LogP contribution in [0, 0.1) is 0 Å². The number of aromatic hydroxyl groups is 1. The summed E-state index contributed by atoms with van der Waals surface area (Å²) in [5.74, 6) is -0.387. The molecule has 2 atom stereocenters. The summed E-state index contributed by atoms with van der Waals surface area (Å²) in [5, 5.41) is 33.5. The van der Waals surface area contributed by atoms with E-state index in [9.17, 15) is 20.1 Å². The van der Waals surface area contributed by atoms with E-state index in [1.54, 1.807) is 0 Å². The molecule has 0 spiro atoms. The zero-order valence-corrected chi connectivity index (χ0v) is 18.5. The first kappa shape index (κ1) is 22.9. The fourth-order valence-electron chi connectivity index (χ4n) is 4.20. The van der Waals surface area contributed by atoms with E-state index in [0.29, 0.717) is 0 Å². The van der Waals surface area contributed by atoms with Gasteiger partial charge < -0.3 is 31.1 Å². The monoisotopic (exact) mass is 468 g/mol. The molecule has 172 valence electrons. The largest absolute Gasteiger partial charge is 0.505 e. The molecule has 33 heavy (non-hydrogen) atoms. The number of hydrogen-bond donors (Lipinski definition) is 5. The molecule has 2 unspecified atom stereocenters. The number of anilines is 1. The number of ether oxygens (including phenoxy) is 1. The molecule has 0 heterocycles. The van der Waals surface area contributed by atoms with Gasteiger partial charge in [-0.1, -0.05) is 60.1 Å². The van der Waals surface area contributed by atoms with E-state index in [0.717, 1.165) is 22.3 Å². The van der Waals surface area contributed by atoms with Crippen molar-refractivity contribution < 1.29 is 24.9 Å². The summed E-state index contributed by atoms with van der Waals surface area (Å²) in [4.78, 5) is 12.2. The number of nitrogens with two attached hydrogens (primary N) is 1. The lowest BCUT2D eigenvalue weighted by atomic mass is 9.98. The third kappa shape index (κ3) is 4.75. The molecule has 1 amide bonds. The van der Waals surface area contributed by atoms with Gasteiger partial charge in [0.15, 0.2) is 0 Å². The number of aliphatic hydroxyl groups excluding tert-OH is 2. The van der Waals surface area contributed by atoms with Crippen molar-refractivity contribution in [1.82, 2.24) is 5.32 Å². The number of hydrogen-bond acceptors (Lipinski definition) is 6. The molecule has 0 fully saturated rings. The molecular formula is C25H25ClN2O5. The van der Waals surface area contributed by atoms with Gasteiger partial charge in [-0.15, -0.1) is 0 Å². The number of benzene rings is 3. The number of nitrogens with one attached hydrogen (secondary N) is 1. The van der Waals surface area contributed by atoms with Crippen molar-refractivity contribution in [3.05, 3.63) is 82.4 Å². The molecule has 1 aliphatic carbocycles. The van der Waals surface area contributed by atoms with Gasteiger partial charge in [-0.3, -0.25) is 0 Å². The van der Waals surface area contributed by atoms with Crippen LogP contribution in [0.4, 0.5) is 10.5 Å². The SMILES string of the molecule is Nc1cc(Cl)cc(C(O)C(O)CCNC(=O)OCC2c3ccccc3-c3ccccc32)c1O. The first-order valence-electron chi connectivity index (χ1n) is 10.6. The summed E-state index contributed by atoms with van der Waals surface area (Å²) in [6, 6.07) is 18.8. The quantitative estimate of drug-likeness (QED) is 0.264. The highest BCUT2D eigenvalue weighted by Crippen LogP contribution is 2.44. The number of alkyl carbamates (subject to hydrolysis) is 1. The van der Waals surface area contributed by atoms with Gasteiger partial charge in [0.05, 0.1) is 11.8 Å². The molecule has 0 bridgehead atoms. The molecule has 6 N–H and O–H groups in total. The number of nitrogen functional groups attached to an aromatic ring is 1. The van der Waals surface area contributed by atoms with E-state index in [4.69, 9.17) is 22.1 Å². The Balaban J connectivity index is 1.30. The first-order chi connectivity index (χ1) is 15.9. The Kier molecular flexibility index (Phi) is 6.74. The average molecular weight is 469 g/mol. The minimum absolute atomic E-state index is 0.000475. The molecule has 0 saturated heterocycles. The second kappa shape index (κ2) is 9.70. The van der Waals surface area contributed by atoms with Gasteiger partial charge in [0.25, 0.3) is 0 Å². The zero-order valence-electron chi connectivity index (χ0n) is 17.7. The van der Waals surface area contributed by atoms with Crippen LogP contribution < -0.4 is 11.1 Å². The summed E-state index contributed by atoms with van der Waals surface area (Å²) in [5.41, 5.74) is 10.2. The van der Waals surface area contributed by atoms with Crippen LogP contribution in [0.3, 0.4) is 0 Å². The molecule has 3 aromatic rings. The Bertz CT molecular complexity index is 1120. The molecule has 0 saturated carbocycles. The van der Waals surface area contributed by atoms with E-state index >= 15 is 0 Å². The number of rotatable bonds is 7. The van der Waals surface area contributed by atoms with E-state index in [2.05, 4.69) is 17.4 Å². The Hall–Kier alpha value is -3.26. The second-order valence-corrected chi connectivity index (χ2v) is 8.42. The van der Waals surface area contributed by atoms with Crippen LogP contribution in [0.15, 0.2) is 60.7 Å². The predicted molar refractivity (Wildman–Crippen MR) is 126 cm³/mol. The normalized spacial score (nSPS) is 14.3. The highest BCUT2D eigenvalue weighted by Gasteiger charge is 2.29. The lowest BCUT2D eigenvalue weighted by Crippen LogP contribution is -2.30. The van der Waals surface area contributed by atoms with Gasteiger partial charge in [-0.2, -0.15) is 0 Å². The maximum Gasteiger partial charge on any atom is 0.407 e. The van der Waals surface area contributed by atoms with E-state index in [1.807, 2.05) is 36.4 Å². The highest BCUT2D eigenvalue weighted by atomic mass is 35.5. The third-order valence-corrected chi connectivity index (χ3v) is 6.09. The number of phenolic OH excluding ortho intramolecular Hbond substituents is 1. The Labute approximate surface area is 196 Å². The van der Waals surface area contributed by atoms with Crippen LogP contribution in [0.2, 0.25) is 5.02 Å². The Morgan fingerprint density at radius 3 is 2.30 bits per heavy atom. The Morgan fingerprint density at radius 1 is 1.06 bits per heavy atom. The van der Waals surface area contributed by atoms with Gasteiger partial charge in [-0.05, 0) is 40.8 Å². The third-order valence-electron chi connectivity index (χ3n) is 5.87. The summed E-state index contributed by atoms with van der Waals surface area (Å²) < 4.78 is 5.45. The number of carbonyl (C=O) groups excluding carboxylic acids is 1. The van der Waals surface area contributed by atoms with Crippen LogP contribution in [-0.4, -0.2) is 40.7 Å². The fraction of sp³-hybridized carbons (Fsp3) is 0.240. The van der Waals surface area contributed by atoms with Crippen LogP contribution in [-0.2, 0) is 4.74 Å². The lowest BCUT2D eigenvalue weighted by molar-refractivity contribution is 0.0124. The van der Waals surface area contributed by atoms with Crippen molar-refractivity contribution >= 4 is 23.4 Å². The van der Waals surface area contributed by atoms with Crippen molar-refractivity contribution in [3.8, 4) is 16.9 Å². The minimum Gasteiger partial charge on any atom is -0.505 e. The van der Waals surface area contributed by atoms with Crippen LogP contribution in [0.5, 0.6) is 5.75 Å². The molecule has 7 nitrogen and oxygen atoms in total. The minimum atomic E-state index is -1.42. The number of phenols is 1. The second-order valence-electron chi connectivity index (χ2n) is 7.99. The molecule has 3 aromatic carbocycles. The van der Waals surface area contributed by atoms with Gasteiger partial charge in [0, 0.05) is 23.0 Å². The van der Waals surface area contributed by atoms with Crippen molar-refractivity contribution in [2.75, 3.05) is 18.9 Å². The smallest absolute Gasteiger partial charge is 0.407 e. The van der Waals surface area contributed by atoms with E-state index in [1.165, 1.54) is 12.1 Å². The average Bonchev–Trinajstić information content (AvgIpc) is 3.13. The zero-order chi connectivity index (χ0) is 23.5. The first-order valence-corrected chi connectivity index (χ1v) is 11.0. The molecule has 4 rings (SSSR count). The predicted octanol–water partition coefficient (Wildman–Crippen LogP) is 3.95. The van der Waals surface area contributed by atoms with Gasteiger partial charge in [-0.25, -0.2) is 4.79 Å². The van der Waals surface area contributed by atoms with Crippen LogP contribution >= 0.6 is 11.6 Å². The number of fused-ring (bicyclic) bond motifs is 3.